The van der Waals surface area contributed by atoms with Crippen molar-refractivity contribution in [1.82, 2.24) is 0 Å². The van der Waals surface area contributed by atoms with Gasteiger partial charge in [0.2, 0.25) is 0 Å². The van der Waals surface area contributed by atoms with Crippen LogP contribution in [0.1, 0.15) is 0 Å². The molecule has 6 heteroatoms. The number of hydrogen-bond donors (Lipinski definition) is 1. The highest BCUT2D eigenvalue weighted by atomic mass is 19.4. The predicted molar refractivity (Wildman–Crippen MR) is 39.3 cm³/mol. The molecule has 0 aromatic rings. The molecule has 1 aliphatic rings. The summed E-state index contributed by atoms with van der Waals surface area (Å²) in [5, 5.41) is 8.40. The number of alkyl halides is 4. The Labute approximate surface area is 76.5 Å². The van der Waals surface area contributed by atoms with Crippen LogP contribution in [0.4, 0.5) is 17.6 Å². The highest BCUT2D eigenvalue weighted by Crippen LogP contribution is 2.35. The molecule has 0 aromatic heterocycles. The summed E-state index contributed by atoms with van der Waals surface area (Å²) in [6.07, 6.45) is -5.16. The van der Waals surface area contributed by atoms with Gasteiger partial charge >= 0.3 is 12.1 Å². The van der Waals surface area contributed by atoms with Crippen molar-refractivity contribution in [3.05, 3.63) is 23.8 Å². The first kappa shape index (κ1) is 10.7. The molecular weight excluding hydrogens is 204 g/mol. The molecule has 0 amide bonds. The molecule has 14 heavy (non-hydrogen) atoms. The summed E-state index contributed by atoms with van der Waals surface area (Å²) >= 11 is 0. The van der Waals surface area contributed by atoms with E-state index in [1.54, 1.807) is 0 Å². The fraction of sp³-hybridized carbons (Fsp3) is 0.375. The minimum atomic E-state index is -4.76. The zero-order valence-corrected chi connectivity index (χ0v) is 6.75. The molecule has 0 fully saturated rings. The number of carboxylic acids is 1. The van der Waals surface area contributed by atoms with Crippen LogP contribution in [0.3, 0.4) is 0 Å². The first-order valence-corrected chi connectivity index (χ1v) is 3.66. The molecule has 2 nitrogen and oxygen atoms in total. The third-order valence-electron chi connectivity index (χ3n) is 1.79. The maximum atomic E-state index is 12.7. The fourth-order valence-corrected chi connectivity index (χ4v) is 1.07. The van der Waals surface area contributed by atoms with Crippen molar-refractivity contribution >= 4 is 5.97 Å². The van der Waals surface area contributed by atoms with Gasteiger partial charge in [0.1, 0.15) is 12.1 Å². The van der Waals surface area contributed by atoms with Crippen molar-refractivity contribution in [3.63, 3.8) is 0 Å². The van der Waals surface area contributed by atoms with Gasteiger partial charge in [-0.1, -0.05) is 6.08 Å². The summed E-state index contributed by atoms with van der Waals surface area (Å²) < 4.78 is 49.1. The highest BCUT2D eigenvalue weighted by Gasteiger charge is 2.44. The monoisotopic (exact) mass is 210 g/mol. The molecule has 0 aromatic carbocycles. The average Bonchev–Trinajstić information content (AvgIpc) is 2.02. The van der Waals surface area contributed by atoms with Gasteiger partial charge in [-0.15, -0.1) is 0 Å². The van der Waals surface area contributed by atoms with Gasteiger partial charge in [0.25, 0.3) is 0 Å². The van der Waals surface area contributed by atoms with Crippen molar-refractivity contribution in [3.8, 4) is 0 Å². The van der Waals surface area contributed by atoms with E-state index < -0.39 is 29.8 Å². The Morgan fingerprint density at radius 3 is 2.43 bits per heavy atom. The van der Waals surface area contributed by atoms with Crippen LogP contribution in [0.15, 0.2) is 23.8 Å². The van der Waals surface area contributed by atoms with Crippen LogP contribution in [0, 0.1) is 5.92 Å². The number of aliphatic carboxylic acids is 1. The lowest BCUT2D eigenvalue weighted by molar-refractivity contribution is -0.172. The number of allylic oxidation sites excluding steroid dienone is 2. The van der Waals surface area contributed by atoms with Crippen molar-refractivity contribution in [1.29, 1.82) is 0 Å². The van der Waals surface area contributed by atoms with Crippen molar-refractivity contribution in [2.45, 2.75) is 12.3 Å². The van der Waals surface area contributed by atoms with Crippen LogP contribution >= 0.6 is 0 Å². The fourth-order valence-electron chi connectivity index (χ4n) is 1.07. The van der Waals surface area contributed by atoms with Crippen LogP contribution < -0.4 is 0 Å². The highest BCUT2D eigenvalue weighted by molar-refractivity contribution is 5.90. The van der Waals surface area contributed by atoms with E-state index in [1.165, 1.54) is 0 Å². The molecule has 2 unspecified atom stereocenters. The Hall–Kier alpha value is -1.33. The van der Waals surface area contributed by atoms with E-state index in [4.69, 9.17) is 5.11 Å². The van der Waals surface area contributed by atoms with Crippen LogP contribution in [0.25, 0.3) is 0 Å². The first-order chi connectivity index (χ1) is 6.32. The first-order valence-electron chi connectivity index (χ1n) is 3.66. The Morgan fingerprint density at radius 2 is 2.00 bits per heavy atom. The van der Waals surface area contributed by atoms with Crippen molar-refractivity contribution < 1.29 is 27.5 Å². The van der Waals surface area contributed by atoms with Crippen LogP contribution in [0.5, 0.6) is 0 Å². The summed E-state index contributed by atoms with van der Waals surface area (Å²) in [6, 6.07) is 0. The minimum Gasteiger partial charge on any atom is -0.478 e. The lowest BCUT2D eigenvalue weighted by atomic mass is 9.94. The van der Waals surface area contributed by atoms with Gasteiger partial charge < -0.3 is 5.11 Å². The number of halogens is 4. The normalized spacial score (nSPS) is 27.3. The molecule has 1 aliphatic carbocycles. The van der Waals surface area contributed by atoms with Gasteiger partial charge in [0.05, 0.1) is 5.57 Å². The number of hydrogen-bond acceptors (Lipinski definition) is 1. The largest absolute Gasteiger partial charge is 0.478 e. The third-order valence-corrected chi connectivity index (χ3v) is 1.79. The molecule has 0 aliphatic heterocycles. The Morgan fingerprint density at radius 1 is 1.43 bits per heavy atom. The predicted octanol–water partition coefficient (Wildman–Crippen LogP) is 2.08. The summed E-state index contributed by atoms with van der Waals surface area (Å²) in [4.78, 5) is 10.3. The van der Waals surface area contributed by atoms with Crippen LogP contribution in [-0.4, -0.2) is 23.4 Å². The smallest absolute Gasteiger partial charge is 0.398 e. The number of rotatable bonds is 1. The number of carbonyl (C=O) groups is 1. The quantitative estimate of drug-likeness (QED) is 0.673. The maximum Gasteiger partial charge on any atom is 0.398 e. The van der Waals surface area contributed by atoms with Gasteiger partial charge in [0, 0.05) is 0 Å². The molecule has 0 radical (unpaired) electrons. The standard InChI is InChI=1S/C8H6F4O2/c9-6-2-1-4(7(13)14)3-5(6)8(10,11)12/h1-3,5-6H,(H,13,14). The van der Waals surface area contributed by atoms with Gasteiger partial charge in [-0.25, -0.2) is 9.18 Å². The molecule has 1 N–H and O–H groups in total. The van der Waals surface area contributed by atoms with Crippen LogP contribution in [-0.2, 0) is 4.79 Å². The van der Waals surface area contributed by atoms with E-state index in [0.717, 1.165) is 6.08 Å². The van der Waals surface area contributed by atoms with Gasteiger partial charge in [0.15, 0.2) is 0 Å². The number of carboxylic acid groups (broad SMARTS) is 1. The third kappa shape index (κ3) is 2.12. The molecule has 0 saturated heterocycles. The zero-order valence-electron chi connectivity index (χ0n) is 6.75. The maximum absolute atomic E-state index is 12.7. The molecule has 78 valence electrons. The average molecular weight is 210 g/mol. The van der Waals surface area contributed by atoms with Gasteiger partial charge in [-0.05, 0) is 12.2 Å². The van der Waals surface area contributed by atoms with E-state index in [0.29, 0.717) is 12.2 Å². The van der Waals surface area contributed by atoms with Crippen LogP contribution in [0.2, 0.25) is 0 Å². The molecule has 0 saturated carbocycles. The van der Waals surface area contributed by atoms with E-state index >= 15 is 0 Å². The van der Waals surface area contributed by atoms with E-state index in [1.807, 2.05) is 0 Å². The van der Waals surface area contributed by atoms with Crippen molar-refractivity contribution in [2.24, 2.45) is 5.92 Å². The second-order valence-corrected chi connectivity index (χ2v) is 2.80. The van der Waals surface area contributed by atoms with E-state index in [9.17, 15) is 22.4 Å². The zero-order chi connectivity index (χ0) is 10.9. The summed E-state index contributed by atoms with van der Waals surface area (Å²) in [6.45, 7) is 0. The summed E-state index contributed by atoms with van der Waals surface area (Å²) in [7, 11) is 0. The second-order valence-electron chi connectivity index (χ2n) is 2.80. The SMILES string of the molecule is O=C(O)C1=CC(C(F)(F)F)C(F)C=C1. The lowest BCUT2D eigenvalue weighted by Crippen LogP contribution is -2.31. The summed E-state index contributed by atoms with van der Waals surface area (Å²) in [5.74, 6) is -3.86. The van der Waals surface area contributed by atoms with E-state index in [2.05, 4.69) is 0 Å². The molecule has 0 spiro atoms. The second kappa shape index (κ2) is 3.43. The molecule has 2 atom stereocenters. The Balaban J connectivity index is 2.97. The Bertz CT molecular complexity index is 303. The Kier molecular flexibility index (Phi) is 2.64. The molecule has 0 bridgehead atoms. The topological polar surface area (TPSA) is 37.3 Å². The summed E-state index contributed by atoms with van der Waals surface area (Å²) in [5.41, 5.74) is -0.541. The van der Waals surface area contributed by atoms with Gasteiger partial charge in [-0.3, -0.25) is 0 Å². The lowest BCUT2D eigenvalue weighted by Gasteiger charge is -2.21. The molecule has 1 rings (SSSR count). The minimum absolute atomic E-state index is 0.382. The van der Waals surface area contributed by atoms with E-state index in [-0.39, 0.29) is 0 Å². The molecular formula is C8H6F4O2. The van der Waals surface area contributed by atoms with Gasteiger partial charge in [-0.2, -0.15) is 13.2 Å². The van der Waals surface area contributed by atoms with Crippen molar-refractivity contribution in [2.75, 3.05) is 0 Å². The molecule has 0 heterocycles.